The molecule has 0 bridgehead atoms. The fraction of sp³-hybridized carbons (Fsp3) is 0.125. The predicted octanol–water partition coefficient (Wildman–Crippen LogP) is 2.33. The Morgan fingerprint density at radius 1 is 1.33 bits per heavy atom. The summed E-state index contributed by atoms with van der Waals surface area (Å²) in [7, 11) is 0. The van der Waals surface area contributed by atoms with Crippen LogP contribution in [0.5, 0.6) is 0 Å². The molecule has 0 aliphatic carbocycles. The molecular formula is C8H11N. The Labute approximate surface area is 56.1 Å². The highest BCUT2D eigenvalue weighted by Crippen LogP contribution is 1.91. The first-order valence-corrected chi connectivity index (χ1v) is 2.75. The minimum Gasteiger partial charge on any atom is -0.262 e. The highest BCUT2D eigenvalue weighted by atomic mass is 14.7. The van der Waals surface area contributed by atoms with Gasteiger partial charge in [-0.3, -0.25) is 4.99 Å². The van der Waals surface area contributed by atoms with Gasteiger partial charge in [-0.2, -0.15) is 0 Å². The molecule has 0 aromatic rings. The summed E-state index contributed by atoms with van der Waals surface area (Å²) in [4.78, 5) is 3.98. The largest absolute Gasteiger partial charge is 0.262 e. The zero-order valence-corrected chi connectivity index (χ0v) is 5.67. The third-order valence-corrected chi connectivity index (χ3v) is 0.743. The van der Waals surface area contributed by atoms with E-state index in [1.165, 1.54) is 0 Å². The number of hydrogen-bond acceptors (Lipinski definition) is 1. The topological polar surface area (TPSA) is 12.4 Å². The van der Waals surface area contributed by atoms with Gasteiger partial charge in [0, 0.05) is 11.9 Å². The molecule has 0 amide bonds. The molecule has 0 aliphatic rings. The molecule has 0 atom stereocenters. The van der Waals surface area contributed by atoms with Gasteiger partial charge in [0.05, 0.1) is 0 Å². The van der Waals surface area contributed by atoms with Crippen molar-refractivity contribution in [1.29, 1.82) is 0 Å². The first-order chi connectivity index (χ1) is 4.31. The van der Waals surface area contributed by atoms with E-state index in [4.69, 9.17) is 0 Å². The van der Waals surface area contributed by atoms with Crippen LogP contribution in [0.1, 0.15) is 6.92 Å². The predicted molar refractivity (Wildman–Crippen MR) is 42.6 cm³/mol. The van der Waals surface area contributed by atoms with Crippen molar-refractivity contribution in [3.05, 3.63) is 37.1 Å². The summed E-state index contributed by atoms with van der Waals surface area (Å²) in [6, 6.07) is 0. The molecule has 0 unspecified atom stereocenters. The van der Waals surface area contributed by atoms with E-state index in [1.54, 1.807) is 18.4 Å². The van der Waals surface area contributed by atoms with Crippen molar-refractivity contribution >= 4 is 6.21 Å². The monoisotopic (exact) mass is 121 g/mol. The Kier molecular flexibility index (Phi) is 4.41. The lowest BCUT2D eigenvalue weighted by atomic mass is 10.4. The molecule has 0 N–H and O–H groups in total. The molecule has 9 heavy (non-hydrogen) atoms. The van der Waals surface area contributed by atoms with Gasteiger partial charge in [-0.05, 0) is 13.0 Å². The minimum atomic E-state index is 0.935. The van der Waals surface area contributed by atoms with Crippen LogP contribution in [0.4, 0.5) is 0 Å². The first-order valence-electron chi connectivity index (χ1n) is 2.75. The number of allylic oxidation sites excluding steroid dienone is 4. The summed E-state index contributed by atoms with van der Waals surface area (Å²) < 4.78 is 0. The maximum absolute atomic E-state index is 3.98. The van der Waals surface area contributed by atoms with E-state index in [0.29, 0.717) is 0 Å². The van der Waals surface area contributed by atoms with Crippen LogP contribution < -0.4 is 0 Å². The summed E-state index contributed by atoms with van der Waals surface area (Å²) in [6.45, 7) is 8.93. The lowest BCUT2D eigenvalue weighted by Crippen LogP contribution is -1.67. The highest BCUT2D eigenvalue weighted by Gasteiger charge is 1.73. The third kappa shape index (κ3) is 4.75. The van der Waals surface area contributed by atoms with Crippen LogP contribution >= 0.6 is 0 Å². The van der Waals surface area contributed by atoms with Crippen LogP contribution in [0.25, 0.3) is 0 Å². The van der Waals surface area contributed by atoms with Crippen LogP contribution in [0.2, 0.25) is 0 Å². The zero-order valence-electron chi connectivity index (χ0n) is 5.67. The standard InChI is InChI=1S/C8H11N/c1-4-6-8(3)9-7-5-2/h4-7H,1-2H2,3H3/b8-6-,9-7-. The number of aliphatic imine (C=N–C) groups is 1. The van der Waals surface area contributed by atoms with Crippen molar-refractivity contribution in [1.82, 2.24) is 0 Å². The van der Waals surface area contributed by atoms with Crippen LogP contribution in [-0.2, 0) is 0 Å². The fourth-order valence-corrected chi connectivity index (χ4v) is 0.384. The van der Waals surface area contributed by atoms with Crippen molar-refractivity contribution in [2.24, 2.45) is 4.99 Å². The number of nitrogens with zero attached hydrogens (tertiary/aromatic N) is 1. The zero-order chi connectivity index (χ0) is 7.11. The van der Waals surface area contributed by atoms with Gasteiger partial charge in [-0.1, -0.05) is 25.3 Å². The Morgan fingerprint density at radius 2 is 2.00 bits per heavy atom. The van der Waals surface area contributed by atoms with Gasteiger partial charge in [0.1, 0.15) is 0 Å². The van der Waals surface area contributed by atoms with Crippen molar-refractivity contribution in [2.45, 2.75) is 6.92 Å². The fourth-order valence-electron chi connectivity index (χ4n) is 0.384. The van der Waals surface area contributed by atoms with Crippen molar-refractivity contribution in [3.63, 3.8) is 0 Å². The van der Waals surface area contributed by atoms with Gasteiger partial charge in [-0.15, -0.1) is 0 Å². The van der Waals surface area contributed by atoms with Gasteiger partial charge >= 0.3 is 0 Å². The van der Waals surface area contributed by atoms with Crippen LogP contribution in [0.15, 0.2) is 42.1 Å². The molecule has 0 fully saturated rings. The quantitative estimate of drug-likeness (QED) is 0.401. The molecule has 0 spiro atoms. The second-order valence-electron chi connectivity index (χ2n) is 1.56. The minimum absolute atomic E-state index is 0.935. The van der Waals surface area contributed by atoms with Crippen molar-refractivity contribution in [3.8, 4) is 0 Å². The molecule has 1 heteroatoms. The van der Waals surface area contributed by atoms with E-state index >= 15 is 0 Å². The molecule has 0 saturated heterocycles. The summed E-state index contributed by atoms with van der Waals surface area (Å²) in [5, 5.41) is 0. The molecule has 0 heterocycles. The molecule has 0 saturated carbocycles. The molecular weight excluding hydrogens is 110 g/mol. The molecule has 0 aromatic heterocycles. The van der Waals surface area contributed by atoms with E-state index in [1.807, 2.05) is 13.0 Å². The molecule has 1 nitrogen and oxygen atoms in total. The summed E-state index contributed by atoms with van der Waals surface area (Å²) in [6.07, 6.45) is 6.82. The average molecular weight is 121 g/mol. The Morgan fingerprint density at radius 3 is 2.44 bits per heavy atom. The van der Waals surface area contributed by atoms with Gasteiger partial charge in [-0.25, -0.2) is 0 Å². The second kappa shape index (κ2) is 5.04. The Balaban J connectivity index is 3.88. The maximum atomic E-state index is 3.98. The number of hydrogen-bond donors (Lipinski definition) is 0. The summed E-state index contributed by atoms with van der Waals surface area (Å²) >= 11 is 0. The van der Waals surface area contributed by atoms with Crippen LogP contribution in [0, 0.1) is 0 Å². The van der Waals surface area contributed by atoms with Crippen molar-refractivity contribution in [2.75, 3.05) is 0 Å². The summed E-state index contributed by atoms with van der Waals surface area (Å²) in [5.74, 6) is 0. The Bertz CT molecular complexity index is 152. The SMILES string of the molecule is C=C/C=N\C(C)=C/C=C. The smallest absolute Gasteiger partial charge is 0.0372 e. The molecule has 48 valence electrons. The van der Waals surface area contributed by atoms with E-state index in [9.17, 15) is 0 Å². The molecule has 0 rings (SSSR count). The second-order valence-corrected chi connectivity index (χ2v) is 1.56. The van der Waals surface area contributed by atoms with Crippen LogP contribution in [-0.4, -0.2) is 6.21 Å². The van der Waals surface area contributed by atoms with E-state index in [0.717, 1.165) is 5.70 Å². The normalized spacial score (nSPS) is 11.9. The molecule has 0 aliphatic heterocycles. The van der Waals surface area contributed by atoms with E-state index < -0.39 is 0 Å². The highest BCUT2D eigenvalue weighted by molar-refractivity contribution is 5.71. The van der Waals surface area contributed by atoms with Gasteiger partial charge < -0.3 is 0 Å². The van der Waals surface area contributed by atoms with Gasteiger partial charge in [0.2, 0.25) is 0 Å². The third-order valence-electron chi connectivity index (χ3n) is 0.743. The maximum Gasteiger partial charge on any atom is 0.0372 e. The number of rotatable bonds is 3. The Hall–Kier alpha value is -1.11. The van der Waals surface area contributed by atoms with Crippen LogP contribution in [0.3, 0.4) is 0 Å². The van der Waals surface area contributed by atoms with E-state index in [-0.39, 0.29) is 0 Å². The first kappa shape index (κ1) is 7.89. The molecule has 0 radical (unpaired) electrons. The van der Waals surface area contributed by atoms with E-state index in [2.05, 4.69) is 18.2 Å². The van der Waals surface area contributed by atoms with Crippen molar-refractivity contribution < 1.29 is 0 Å². The van der Waals surface area contributed by atoms with Gasteiger partial charge in [0.25, 0.3) is 0 Å². The lowest BCUT2D eigenvalue weighted by Gasteiger charge is -1.83. The molecule has 0 aromatic carbocycles. The van der Waals surface area contributed by atoms with Gasteiger partial charge in [0.15, 0.2) is 0 Å². The lowest BCUT2D eigenvalue weighted by molar-refractivity contribution is 1.32. The average Bonchev–Trinajstić information content (AvgIpc) is 1.85. The summed E-state index contributed by atoms with van der Waals surface area (Å²) in [5.41, 5.74) is 0.935.